The van der Waals surface area contributed by atoms with Gasteiger partial charge < -0.3 is 19.1 Å². The SMILES string of the molecule is COC(=Cc1ccc(CCCc2ccccc2OS(C)(=O)=O)c(O)c1)C(=O)O.Cc1cc2ccc1-2. The predicted molar refractivity (Wildman–Crippen MR) is 135 cm³/mol. The van der Waals surface area contributed by atoms with Gasteiger partial charge in [0.1, 0.15) is 11.5 Å². The number of phenolic OH excluding ortho intramolecular Hbond substituents is 1. The lowest BCUT2D eigenvalue weighted by molar-refractivity contribution is -0.135. The molecular formula is C27H28O7S. The second-order valence-electron chi connectivity index (χ2n) is 8.18. The number of aryl methyl sites for hydroxylation is 3. The van der Waals surface area contributed by atoms with Crippen molar-refractivity contribution in [2.75, 3.05) is 13.4 Å². The van der Waals surface area contributed by atoms with E-state index in [1.807, 2.05) is 0 Å². The number of phenols is 1. The Bertz CT molecular complexity index is 1360. The molecule has 0 saturated carbocycles. The molecule has 0 atom stereocenters. The lowest BCUT2D eigenvalue weighted by atomic mass is 9.88. The fraction of sp³-hybridized carbons (Fsp3) is 0.222. The summed E-state index contributed by atoms with van der Waals surface area (Å²) in [6, 6.07) is 18.3. The first-order chi connectivity index (χ1) is 16.6. The lowest BCUT2D eigenvalue weighted by Gasteiger charge is -2.17. The van der Waals surface area contributed by atoms with Crippen molar-refractivity contribution in [2.24, 2.45) is 0 Å². The molecule has 7 nitrogen and oxygen atoms in total. The van der Waals surface area contributed by atoms with E-state index in [0.717, 1.165) is 11.8 Å². The number of hydrogen-bond acceptors (Lipinski definition) is 6. The Morgan fingerprint density at radius 3 is 2.20 bits per heavy atom. The van der Waals surface area contributed by atoms with E-state index in [-0.39, 0.29) is 11.5 Å². The third kappa shape index (κ3) is 7.10. The summed E-state index contributed by atoms with van der Waals surface area (Å²) < 4.78 is 32.5. The summed E-state index contributed by atoms with van der Waals surface area (Å²) in [5.41, 5.74) is 6.33. The molecule has 2 N–H and O–H groups in total. The van der Waals surface area contributed by atoms with Gasteiger partial charge in [0.05, 0.1) is 13.4 Å². The standard InChI is InChI=1S/C20H22O7S.C7H6/c1-26-19(20(22)23)13-14-10-11-15(17(21)12-14)7-5-8-16-6-3-4-9-18(16)27-28(2,24)25;1-5-4-6-2-3-7(5)6/h3-4,6,9-13,21H,5,7-8H2,1-2H3,(H,22,23);2-4H,1H3. The van der Waals surface area contributed by atoms with Gasteiger partial charge in [-0.2, -0.15) is 8.42 Å². The number of aliphatic carboxylic acids is 1. The van der Waals surface area contributed by atoms with Crippen LogP contribution in [0.5, 0.6) is 11.5 Å². The van der Waals surface area contributed by atoms with E-state index in [1.54, 1.807) is 36.4 Å². The van der Waals surface area contributed by atoms with E-state index in [4.69, 9.17) is 14.0 Å². The van der Waals surface area contributed by atoms with Crippen molar-refractivity contribution in [3.8, 4) is 22.6 Å². The van der Waals surface area contributed by atoms with Crippen LogP contribution in [-0.2, 0) is 32.5 Å². The third-order valence-electron chi connectivity index (χ3n) is 5.48. The number of methoxy groups -OCH3 is 1. The van der Waals surface area contributed by atoms with E-state index in [0.29, 0.717) is 36.1 Å². The van der Waals surface area contributed by atoms with Gasteiger partial charge in [0.25, 0.3) is 0 Å². The van der Waals surface area contributed by atoms with Crippen LogP contribution in [0, 0.1) is 6.92 Å². The Labute approximate surface area is 205 Å². The number of para-hydroxylation sites is 1. The summed E-state index contributed by atoms with van der Waals surface area (Å²) in [4.78, 5) is 11.0. The zero-order valence-corrected chi connectivity index (χ0v) is 20.6. The molecule has 0 saturated heterocycles. The van der Waals surface area contributed by atoms with Gasteiger partial charge in [0, 0.05) is 0 Å². The predicted octanol–water partition coefficient (Wildman–Crippen LogP) is 4.95. The number of aromatic hydroxyl groups is 1. The van der Waals surface area contributed by atoms with Crippen molar-refractivity contribution >= 4 is 22.2 Å². The molecule has 184 valence electrons. The smallest absolute Gasteiger partial charge is 0.371 e. The van der Waals surface area contributed by atoms with Gasteiger partial charge in [-0.05, 0) is 77.8 Å². The summed E-state index contributed by atoms with van der Waals surface area (Å²) in [7, 11) is -2.34. The topological polar surface area (TPSA) is 110 Å². The zero-order valence-electron chi connectivity index (χ0n) is 19.8. The van der Waals surface area contributed by atoms with Gasteiger partial charge in [-0.25, -0.2) is 4.79 Å². The maximum absolute atomic E-state index is 11.4. The van der Waals surface area contributed by atoms with Crippen molar-refractivity contribution in [3.05, 3.63) is 88.7 Å². The van der Waals surface area contributed by atoms with Gasteiger partial charge in [-0.3, -0.25) is 0 Å². The highest BCUT2D eigenvalue weighted by atomic mass is 32.2. The number of rotatable bonds is 9. The van der Waals surface area contributed by atoms with Gasteiger partial charge in [-0.15, -0.1) is 0 Å². The minimum absolute atomic E-state index is 0.0512. The Morgan fingerprint density at radius 1 is 1.00 bits per heavy atom. The quantitative estimate of drug-likeness (QED) is 0.192. The van der Waals surface area contributed by atoms with Gasteiger partial charge in [-0.1, -0.05) is 48.5 Å². The molecule has 0 spiro atoms. The first-order valence-corrected chi connectivity index (χ1v) is 12.8. The van der Waals surface area contributed by atoms with E-state index in [2.05, 4.69) is 25.1 Å². The fourth-order valence-corrected chi connectivity index (χ4v) is 4.14. The normalized spacial score (nSPS) is 11.8. The minimum Gasteiger partial charge on any atom is -0.508 e. The molecule has 4 rings (SSSR count). The highest BCUT2D eigenvalue weighted by Crippen LogP contribution is 2.35. The minimum atomic E-state index is -3.60. The zero-order chi connectivity index (χ0) is 25.6. The maximum atomic E-state index is 11.4. The fourth-order valence-electron chi connectivity index (χ4n) is 3.65. The molecule has 0 heterocycles. The van der Waals surface area contributed by atoms with E-state index >= 15 is 0 Å². The molecule has 35 heavy (non-hydrogen) atoms. The van der Waals surface area contributed by atoms with Crippen LogP contribution in [-0.4, -0.2) is 38.0 Å². The second kappa shape index (κ2) is 11.1. The molecule has 2 aromatic rings. The Hall–Kier alpha value is -3.78. The van der Waals surface area contributed by atoms with Crippen molar-refractivity contribution in [3.63, 3.8) is 0 Å². The molecule has 0 radical (unpaired) electrons. The number of ether oxygens (including phenoxy) is 1. The summed E-state index contributed by atoms with van der Waals surface area (Å²) in [5.74, 6) is -1.07. The van der Waals surface area contributed by atoms with Crippen LogP contribution < -0.4 is 4.18 Å². The van der Waals surface area contributed by atoms with E-state index < -0.39 is 16.1 Å². The molecular weight excluding hydrogens is 468 g/mol. The lowest BCUT2D eigenvalue weighted by Crippen LogP contribution is -2.07. The summed E-state index contributed by atoms with van der Waals surface area (Å²) in [6.45, 7) is 2.14. The van der Waals surface area contributed by atoms with Crippen molar-refractivity contribution in [2.45, 2.75) is 26.2 Å². The molecule has 0 fully saturated rings. The van der Waals surface area contributed by atoms with Crippen molar-refractivity contribution < 1.29 is 32.3 Å². The average Bonchev–Trinajstić information content (AvgIpc) is 2.77. The van der Waals surface area contributed by atoms with Crippen LogP contribution in [0.15, 0.2) is 66.4 Å². The first kappa shape index (κ1) is 25.8. The van der Waals surface area contributed by atoms with Crippen LogP contribution in [0.1, 0.15) is 28.7 Å². The number of carboxylic acid groups (broad SMARTS) is 1. The molecule has 0 unspecified atom stereocenters. The number of carboxylic acids is 1. The van der Waals surface area contributed by atoms with E-state index in [9.17, 15) is 18.3 Å². The number of hydrogen-bond donors (Lipinski definition) is 2. The molecule has 0 amide bonds. The summed E-state index contributed by atoms with van der Waals surface area (Å²) >= 11 is 0. The molecule has 2 aliphatic carbocycles. The van der Waals surface area contributed by atoms with E-state index in [1.165, 1.54) is 35.9 Å². The highest BCUT2D eigenvalue weighted by Gasteiger charge is 2.12. The van der Waals surface area contributed by atoms with Crippen LogP contribution in [0.3, 0.4) is 0 Å². The van der Waals surface area contributed by atoms with Crippen LogP contribution in [0.2, 0.25) is 0 Å². The Balaban J connectivity index is 0.000000410. The van der Waals surface area contributed by atoms with Gasteiger partial charge >= 0.3 is 16.1 Å². The average molecular weight is 497 g/mol. The Morgan fingerprint density at radius 2 is 1.71 bits per heavy atom. The second-order valence-corrected chi connectivity index (χ2v) is 9.76. The number of fused-ring (bicyclic) bond motifs is 1. The molecule has 0 bridgehead atoms. The third-order valence-corrected chi connectivity index (χ3v) is 5.96. The molecule has 2 aromatic carbocycles. The number of benzene rings is 3. The van der Waals surface area contributed by atoms with Crippen LogP contribution in [0.25, 0.3) is 17.2 Å². The van der Waals surface area contributed by atoms with Crippen molar-refractivity contribution in [1.29, 1.82) is 0 Å². The van der Waals surface area contributed by atoms with Gasteiger partial charge in [0.2, 0.25) is 5.76 Å². The summed E-state index contributed by atoms with van der Waals surface area (Å²) in [5, 5.41) is 19.2. The van der Waals surface area contributed by atoms with Crippen LogP contribution in [0.4, 0.5) is 0 Å². The number of carbonyl (C=O) groups is 1. The van der Waals surface area contributed by atoms with Gasteiger partial charge in [0.15, 0.2) is 0 Å². The highest BCUT2D eigenvalue weighted by molar-refractivity contribution is 7.86. The largest absolute Gasteiger partial charge is 0.508 e. The Kier molecular flexibility index (Phi) is 8.19. The molecule has 2 aliphatic rings. The van der Waals surface area contributed by atoms with Crippen molar-refractivity contribution in [1.82, 2.24) is 0 Å². The maximum Gasteiger partial charge on any atom is 0.371 e. The summed E-state index contributed by atoms with van der Waals surface area (Å²) in [6.07, 6.45) is 4.10. The molecule has 0 aliphatic heterocycles. The monoisotopic (exact) mass is 496 g/mol. The first-order valence-electron chi connectivity index (χ1n) is 11.0. The molecule has 8 heteroatoms. The molecule has 0 aromatic heterocycles. The van der Waals surface area contributed by atoms with Crippen LogP contribution >= 0.6 is 0 Å².